The number of unbranched alkanes of at least 4 members (excludes halogenated alkanes) is 2. The van der Waals surface area contributed by atoms with Gasteiger partial charge >= 0.3 is 0 Å². The number of aromatic nitrogens is 2. The van der Waals surface area contributed by atoms with E-state index in [4.69, 9.17) is 4.74 Å². The fourth-order valence-corrected chi connectivity index (χ4v) is 2.29. The van der Waals surface area contributed by atoms with Gasteiger partial charge in [0.15, 0.2) is 5.82 Å². The number of ether oxygens (including phenoxy) is 1. The number of halogens is 1. The number of nitrogens with zero attached hydrogens (tertiary/aromatic N) is 2. The van der Waals surface area contributed by atoms with Crippen LogP contribution in [0.3, 0.4) is 0 Å². The van der Waals surface area contributed by atoms with Gasteiger partial charge in [-0.3, -0.25) is 0 Å². The minimum absolute atomic E-state index is 0.0804. The number of hydrogen-bond acceptors (Lipinski definition) is 3. The van der Waals surface area contributed by atoms with Gasteiger partial charge in [-0.05, 0) is 50.1 Å². The van der Waals surface area contributed by atoms with Gasteiger partial charge in [0.25, 0.3) is 0 Å². The average molecular weight is 316 g/mol. The third-order valence-electron chi connectivity index (χ3n) is 3.73. The van der Waals surface area contributed by atoms with Crippen molar-refractivity contribution in [2.75, 3.05) is 6.61 Å². The maximum absolute atomic E-state index is 14.3. The summed E-state index contributed by atoms with van der Waals surface area (Å²) >= 11 is 0. The minimum atomic E-state index is -1.28. The van der Waals surface area contributed by atoms with Crippen LogP contribution in [0.4, 0.5) is 4.39 Å². The van der Waals surface area contributed by atoms with Crippen LogP contribution in [-0.4, -0.2) is 22.2 Å². The van der Waals surface area contributed by atoms with Crippen molar-refractivity contribution in [1.29, 1.82) is 0 Å². The van der Waals surface area contributed by atoms with E-state index in [1.165, 1.54) is 0 Å². The Labute approximate surface area is 137 Å². The number of rotatable bonds is 8. The summed E-state index contributed by atoms with van der Waals surface area (Å²) in [6.45, 7) is 5.76. The summed E-state index contributed by atoms with van der Waals surface area (Å²) in [6.07, 6.45) is 7.17. The van der Waals surface area contributed by atoms with Crippen LogP contribution in [0.1, 0.15) is 45.1 Å². The van der Waals surface area contributed by atoms with Gasteiger partial charge in [-0.25, -0.2) is 14.4 Å². The van der Waals surface area contributed by atoms with Crippen molar-refractivity contribution in [1.82, 2.24) is 9.97 Å². The molecule has 23 heavy (non-hydrogen) atoms. The molecule has 0 aliphatic rings. The maximum Gasteiger partial charge on any atom is 0.159 e. The molecule has 0 N–H and O–H groups in total. The molecule has 2 aromatic rings. The van der Waals surface area contributed by atoms with E-state index in [1.807, 2.05) is 31.2 Å². The Hall–Kier alpha value is -1.97. The third kappa shape index (κ3) is 5.62. The Kier molecular flexibility index (Phi) is 6.08. The molecule has 0 aliphatic heterocycles. The quantitative estimate of drug-likeness (QED) is 0.633. The second-order valence-corrected chi connectivity index (χ2v) is 6.27. The molecule has 4 heteroatoms. The molecule has 0 radical (unpaired) electrons. The Bertz CT molecular complexity index is 594. The first-order valence-corrected chi connectivity index (χ1v) is 8.21. The predicted octanol–water partition coefficient (Wildman–Crippen LogP) is 5.14. The summed E-state index contributed by atoms with van der Waals surface area (Å²) in [4.78, 5) is 8.59. The van der Waals surface area contributed by atoms with Gasteiger partial charge in [-0.2, -0.15) is 0 Å². The second-order valence-electron chi connectivity index (χ2n) is 6.27. The maximum atomic E-state index is 14.3. The standard InChI is InChI=1S/C19H25FN2O/c1-4-5-6-11-19(3,20)14-23-17-9-7-16(8-10-17)18-21-12-15(2)13-22-18/h7-10,12-13H,4-6,11,14H2,1-3H3/t19-/m0/s1. The topological polar surface area (TPSA) is 35.0 Å². The molecule has 124 valence electrons. The zero-order valence-corrected chi connectivity index (χ0v) is 14.2. The molecule has 1 heterocycles. The van der Waals surface area contributed by atoms with E-state index in [1.54, 1.807) is 19.3 Å². The van der Waals surface area contributed by atoms with Gasteiger partial charge in [-0.15, -0.1) is 0 Å². The van der Waals surface area contributed by atoms with E-state index in [2.05, 4.69) is 16.9 Å². The minimum Gasteiger partial charge on any atom is -0.490 e. The van der Waals surface area contributed by atoms with Crippen LogP contribution < -0.4 is 4.74 Å². The molecule has 3 nitrogen and oxygen atoms in total. The Morgan fingerprint density at radius 2 is 1.74 bits per heavy atom. The highest BCUT2D eigenvalue weighted by Crippen LogP contribution is 2.23. The van der Waals surface area contributed by atoms with Crippen molar-refractivity contribution in [3.05, 3.63) is 42.2 Å². The third-order valence-corrected chi connectivity index (χ3v) is 3.73. The van der Waals surface area contributed by atoms with Crippen LogP contribution in [0.25, 0.3) is 11.4 Å². The van der Waals surface area contributed by atoms with Gasteiger partial charge in [0.05, 0.1) is 0 Å². The van der Waals surface area contributed by atoms with Crippen LogP contribution in [-0.2, 0) is 0 Å². The summed E-state index contributed by atoms with van der Waals surface area (Å²) < 4.78 is 19.9. The summed E-state index contributed by atoms with van der Waals surface area (Å²) in [6, 6.07) is 7.46. The van der Waals surface area contributed by atoms with E-state index in [-0.39, 0.29) is 6.61 Å². The lowest BCUT2D eigenvalue weighted by atomic mass is 10.0. The highest BCUT2D eigenvalue weighted by Gasteiger charge is 2.23. The zero-order valence-electron chi connectivity index (χ0n) is 14.2. The van der Waals surface area contributed by atoms with Gasteiger partial charge < -0.3 is 4.74 Å². The SMILES string of the molecule is CCCCC[C@](C)(F)COc1ccc(-c2ncc(C)cn2)cc1. The van der Waals surface area contributed by atoms with Crippen LogP contribution in [0, 0.1) is 6.92 Å². The first-order chi connectivity index (χ1) is 11.0. The summed E-state index contributed by atoms with van der Waals surface area (Å²) in [7, 11) is 0. The normalized spacial score (nSPS) is 13.6. The van der Waals surface area contributed by atoms with E-state index < -0.39 is 5.67 Å². The highest BCUT2D eigenvalue weighted by atomic mass is 19.1. The van der Waals surface area contributed by atoms with Gasteiger partial charge in [0, 0.05) is 18.0 Å². The second kappa shape index (κ2) is 8.04. The van der Waals surface area contributed by atoms with Gasteiger partial charge in [0.2, 0.25) is 0 Å². The molecular weight excluding hydrogens is 291 g/mol. The van der Waals surface area contributed by atoms with E-state index in [9.17, 15) is 4.39 Å². The van der Waals surface area contributed by atoms with E-state index in [0.29, 0.717) is 18.0 Å². The van der Waals surface area contributed by atoms with Crippen molar-refractivity contribution < 1.29 is 9.13 Å². The number of aryl methyl sites for hydroxylation is 1. The molecule has 0 amide bonds. The number of hydrogen-bond donors (Lipinski definition) is 0. The Morgan fingerprint density at radius 3 is 2.35 bits per heavy atom. The lowest BCUT2D eigenvalue weighted by Crippen LogP contribution is -2.27. The number of alkyl halides is 1. The molecule has 0 bridgehead atoms. The monoisotopic (exact) mass is 316 g/mol. The molecule has 2 rings (SSSR count). The molecule has 1 aromatic heterocycles. The largest absolute Gasteiger partial charge is 0.490 e. The fourth-order valence-electron chi connectivity index (χ4n) is 2.29. The van der Waals surface area contributed by atoms with Crippen molar-refractivity contribution in [3.8, 4) is 17.1 Å². The first kappa shape index (κ1) is 17.4. The average Bonchev–Trinajstić information content (AvgIpc) is 2.54. The Balaban J connectivity index is 1.91. The van der Waals surface area contributed by atoms with Crippen LogP contribution in [0.15, 0.2) is 36.7 Å². The molecule has 1 aromatic carbocycles. The van der Waals surface area contributed by atoms with Crippen LogP contribution in [0.5, 0.6) is 5.75 Å². The predicted molar refractivity (Wildman–Crippen MR) is 91.4 cm³/mol. The fraction of sp³-hybridized carbons (Fsp3) is 0.474. The number of benzene rings is 1. The molecule has 0 saturated carbocycles. The molecule has 1 atom stereocenters. The van der Waals surface area contributed by atoms with Crippen LogP contribution in [0.2, 0.25) is 0 Å². The van der Waals surface area contributed by atoms with Crippen molar-refractivity contribution in [3.63, 3.8) is 0 Å². The lowest BCUT2D eigenvalue weighted by Gasteiger charge is -2.20. The van der Waals surface area contributed by atoms with Crippen molar-refractivity contribution in [2.24, 2.45) is 0 Å². The summed E-state index contributed by atoms with van der Waals surface area (Å²) in [5.41, 5.74) is 0.663. The molecule has 0 saturated heterocycles. The molecule has 0 aliphatic carbocycles. The van der Waals surface area contributed by atoms with Crippen LogP contribution >= 0.6 is 0 Å². The van der Waals surface area contributed by atoms with Gasteiger partial charge in [-0.1, -0.05) is 26.2 Å². The lowest BCUT2D eigenvalue weighted by molar-refractivity contribution is 0.0907. The molecule has 0 spiro atoms. The van der Waals surface area contributed by atoms with E-state index in [0.717, 1.165) is 30.4 Å². The molecule has 0 fully saturated rings. The van der Waals surface area contributed by atoms with Gasteiger partial charge in [0.1, 0.15) is 18.0 Å². The van der Waals surface area contributed by atoms with Crippen molar-refractivity contribution >= 4 is 0 Å². The summed E-state index contributed by atoms with van der Waals surface area (Å²) in [5.74, 6) is 1.34. The molecule has 0 unspecified atom stereocenters. The highest BCUT2D eigenvalue weighted by molar-refractivity contribution is 5.55. The van der Waals surface area contributed by atoms with E-state index >= 15 is 0 Å². The molecular formula is C19H25FN2O. The van der Waals surface area contributed by atoms with Crippen molar-refractivity contribution in [2.45, 2.75) is 52.1 Å². The zero-order chi connectivity index (χ0) is 16.7. The smallest absolute Gasteiger partial charge is 0.159 e. The summed E-state index contributed by atoms with van der Waals surface area (Å²) in [5, 5.41) is 0. The Morgan fingerprint density at radius 1 is 1.09 bits per heavy atom. The first-order valence-electron chi connectivity index (χ1n) is 8.21.